The van der Waals surface area contributed by atoms with Gasteiger partial charge in [-0.1, -0.05) is 12.2 Å². The van der Waals surface area contributed by atoms with Crippen molar-refractivity contribution >= 4 is 41.1 Å². The van der Waals surface area contributed by atoms with Gasteiger partial charge in [0.15, 0.2) is 24.8 Å². The Morgan fingerprint density at radius 3 is 1.57 bits per heavy atom. The van der Waals surface area contributed by atoms with E-state index in [0.717, 1.165) is 19.5 Å². The second kappa shape index (κ2) is 20.5. The Bertz CT molecular complexity index is 853. The Labute approximate surface area is 211 Å². The number of aryl methyl sites for hydroxylation is 2. The van der Waals surface area contributed by atoms with Gasteiger partial charge in [-0.05, 0) is 30.5 Å². The molecule has 2 aromatic heterocycles. The van der Waals surface area contributed by atoms with Crippen molar-refractivity contribution in [1.29, 1.82) is 0 Å². The lowest BCUT2D eigenvalue weighted by atomic mass is 10.1. The first kappa shape index (κ1) is 34.3. The number of nitrogens with two attached hydrogens (primary N) is 2. The lowest BCUT2D eigenvalue weighted by Gasteiger charge is -2.00. The molecule has 14 heteroatoms. The number of hydrogen-bond acceptors (Lipinski definition) is 6. The van der Waals surface area contributed by atoms with Gasteiger partial charge in [0.1, 0.15) is 29.9 Å². The molecule has 0 spiro atoms. The maximum absolute atomic E-state index is 10.5. The molecule has 0 atom stereocenters. The summed E-state index contributed by atoms with van der Waals surface area (Å²) in [6.45, 7) is 1.87. The molecule has 2 heterocycles. The minimum Gasteiger partial charge on any atom is -0.544 e. The normalized spacial score (nSPS) is 9.63. The van der Waals surface area contributed by atoms with E-state index >= 15 is 0 Å². The highest BCUT2D eigenvalue weighted by Gasteiger charge is 2.04. The first-order valence-electron chi connectivity index (χ1n) is 9.93. The minimum atomic E-state index is -3.34. The van der Waals surface area contributed by atoms with E-state index in [1.54, 1.807) is 0 Å². The molecule has 0 aromatic carbocycles. The van der Waals surface area contributed by atoms with Crippen molar-refractivity contribution in [2.75, 3.05) is 6.54 Å². The summed E-state index contributed by atoms with van der Waals surface area (Å²) in [4.78, 5) is 17.7. The second-order valence-corrected chi connectivity index (χ2v) is 7.73. The summed E-state index contributed by atoms with van der Waals surface area (Å²) in [5.74, 6) is -4.65. The van der Waals surface area contributed by atoms with E-state index in [-0.39, 0.29) is 4.32 Å². The number of carbonyl (C=O) groups excluding carboxylic acids is 2. The molecule has 0 saturated carbocycles. The van der Waals surface area contributed by atoms with Gasteiger partial charge in [0.05, 0.1) is 0 Å². The number of carboxylic acids is 2. The monoisotopic (exact) mass is 540 g/mol. The van der Waals surface area contributed by atoms with Gasteiger partial charge in [0, 0.05) is 30.7 Å². The molecule has 8 nitrogen and oxygen atoms in total. The predicted octanol–water partition coefficient (Wildman–Crippen LogP) is -0.243. The molecule has 0 aliphatic rings. The fourth-order valence-corrected chi connectivity index (χ4v) is 2.11. The summed E-state index contributed by atoms with van der Waals surface area (Å²) >= 11 is 7.65. The molecule has 0 aliphatic carbocycles. The van der Waals surface area contributed by atoms with E-state index in [4.69, 9.17) is 31.3 Å². The Balaban J connectivity index is 0. The Kier molecular flexibility index (Phi) is 20.1. The maximum atomic E-state index is 10.5. The van der Waals surface area contributed by atoms with Crippen LogP contribution < -0.4 is 30.8 Å². The second-order valence-electron chi connectivity index (χ2n) is 6.50. The average Bonchev–Trinajstić information content (AvgIpc) is 2.78. The van der Waals surface area contributed by atoms with Crippen molar-refractivity contribution in [2.24, 2.45) is 18.5 Å². The number of thiol groups is 1. The van der Waals surface area contributed by atoms with Crippen LogP contribution in [-0.4, -0.2) is 35.7 Å². The van der Waals surface area contributed by atoms with Crippen LogP contribution in [0.4, 0.5) is 17.6 Å². The van der Waals surface area contributed by atoms with Crippen LogP contribution in [0.15, 0.2) is 49.1 Å². The topological polar surface area (TPSA) is 140 Å². The number of pyridine rings is 2. The van der Waals surface area contributed by atoms with Crippen LogP contribution >= 0.6 is 24.8 Å². The number of halogens is 4. The van der Waals surface area contributed by atoms with E-state index in [1.165, 1.54) is 24.0 Å². The molecule has 0 radical (unpaired) electrons. The van der Waals surface area contributed by atoms with Crippen LogP contribution in [-0.2, 0) is 23.2 Å². The number of unbranched alkanes of at least 4 members (excludes halogenated alkanes) is 2. The largest absolute Gasteiger partial charge is 0.544 e. The van der Waals surface area contributed by atoms with E-state index in [9.17, 15) is 17.6 Å². The average molecular weight is 541 g/mol. The molecule has 0 fully saturated rings. The Morgan fingerprint density at radius 1 is 0.914 bits per heavy atom. The summed E-state index contributed by atoms with van der Waals surface area (Å²) in [6.07, 6.45) is 5.31. The number of carboxylic acid groups (broad SMARTS) is 2. The smallest absolute Gasteiger partial charge is 0.277 e. The van der Waals surface area contributed by atoms with Crippen LogP contribution in [0.1, 0.15) is 19.3 Å². The third-order valence-electron chi connectivity index (χ3n) is 3.68. The van der Waals surface area contributed by atoms with Crippen molar-refractivity contribution in [1.82, 2.24) is 0 Å². The number of hydrogen-bond donors (Lipinski definition) is 3. The SMILES string of the molecule is C[n+]1ccc(-c2cc[n+](CCCCCN)cc2)cc1.NC(=S)S.O=C([O-])C(F)F.O=C([O-])C(F)F. The fourth-order valence-electron chi connectivity index (χ4n) is 2.11. The lowest BCUT2D eigenvalue weighted by Crippen LogP contribution is -2.32. The third-order valence-corrected chi connectivity index (χ3v) is 3.68. The quantitative estimate of drug-likeness (QED) is 0.138. The number of carbonyl (C=O) groups is 2. The molecule has 0 aliphatic heterocycles. The molecule has 4 N–H and O–H groups in total. The molecule has 0 saturated heterocycles. The van der Waals surface area contributed by atoms with Crippen LogP contribution in [0.5, 0.6) is 0 Å². The summed E-state index contributed by atoms with van der Waals surface area (Å²) < 4.78 is 46.5. The van der Waals surface area contributed by atoms with Gasteiger partial charge in [0.25, 0.3) is 12.9 Å². The highest BCUT2D eigenvalue weighted by Crippen LogP contribution is 2.15. The van der Waals surface area contributed by atoms with E-state index in [1.807, 2.05) is 11.6 Å². The molecule has 35 heavy (non-hydrogen) atoms. The van der Waals surface area contributed by atoms with Crippen molar-refractivity contribution in [3.8, 4) is 11.1 Å². The summed E-state index contributed by atoms with van der Waals surface area (Å²) in [5.41, 5.74) is 12.7. The highest BCUT2D eigenvalue weighted by atomic mass is 32.1. The zero-order valence-corrected chi connectivity index (χ0v) is 20.6. The van der Waals surface area contributed by atoms with E-state index < -0.39 is 24.8 Å². The molecule has 2 rings (SSSR count). The molecular weight excluding hydrogens is 512 g/mol. The van der Waals surface area contributed by atoms with Gasteiger partial charge >= 0.3 is 0 Å². The number of rotatable bonds is 8. The van der Waals surface area contributed by atoms with Gasteiger partial charge in [0.2, 0.25) is 0 Å². The molecule has 0 bridgehead atoms. The molecule has 0 amide bonds. The standard InChI is InChI=1S/C16H23N3.2C2H2F2O2.CH3NS2/c1-18-11-5-15(6-12-18)16-7-13-19(14-8-16)10-4-2-3-9-17;2*3-1(4)2(5)6;2-1(3)4/h5-8,11-14H,2-4,9-10,17H2,1H3;2*1H,(H,5,6);(H3,2,3,4)/q+2;;;/p-2. The van der Waals surface area contributed by atoms with Crippen LogP contribution in [0.3, 0.4) is 0 Å². The Hall–Kier alpha value is -2.84. The third kappa shape index (κ3) is 21.4. The molecular formula is C21H28F4N4O4S2. The number of alkyl halides is 4. The van der Waals surface area contributed by atoms with Crippen molar-refractivity contribution in [2.45, 2.75) is 38.7 Å². The van der Waals surface area contributed by atoms with Crippen molar-refractivity contribution < 1.29 is 46.5 Å². The minimum absolute atomic E-state index is 0.194. The van der Waals surface area contributed by atoms with Gasteiger partial charge in [-0.15, -0.1) is 12.6 Å². The lowest BCUT2D eigenvalue weighted by molar-refractivity contribution is -0.697. The molecule has 0 unspecified atom stereocenters. The number of nitrogens with zero attached hydrogens (tertiary/aromatic N) is 2. The first-order chi connectivity index (χ1) is 16.3. The van der Waals surface area contributed by atoms with Gasteiger partial charge in [-0.3, -0.25) is 0 Å². The summed E-state index contributed by atoms with van der Waals surface area (Å²) in [7, 11) is 2.03. The van der Waals surface area contributed by atoms with Crippen molar-refractivity contribution in [3.63, 3.8) is 0 Å². The molecule has 196 valence electrons. The zero-order chi connectivity index (χ0) is 27.4. The van der Waals surface area contributed by atoms with Gasteiger partial charge in [-0.25, -0.2) is 26.7 Å². The van der Waals surface area contributed by atoms with Gasteiger partial charge in [-0.2, -0.15) is 0 Å². The first-order valence-corrected chi connectivity index (χ1v) is 10.8. The molecule has 2 aromatic rings. The predicted molar refractivity (Wildman–Crippen MR) is 124 cm³/mol. The van der Waals surface area contributed by atoms with Crippen LogP contribution in [0.2, 0.25) is 0 Å². The van der Waals surface area contributed by atoms with Gasteiger partial charge < -0.3 is 31.3 Å². The fraction of sp³-hybridized carbons (Fsp3) is 0.381. The number of thiocarbonyl (C=S) groups is 1. The highest BCUT2D eigenvalue weighted by molar-refractivity contribution is 8.10. The number of aliphatic carboxylic acids is 2. The zero-order valence-electron chi connectivity index (χ0n) is 18.9. The van der Waals surface area contributed by atoms with E-state index in [0.29, 0.717) is 0 Å². The van der Waals surface area contributed by atoms with E-state index in [2.05, 4.69) is 78.5 Å². The van der Waals surface area contributed by atoms with Crippen LogP contribution in [0, 0.1) is 0 Å². The maximum Gasteiger partial charge on any atom is 0.277 e. The number of aromatic nitrogens is 2. The summed E-state index contributed by atoms with van der Waals surface area (Å²) in [6, 6.07) is 8.64. The summed E-state index contributed by atoms with van der Waals surface area (Å²) in [5, 5.41) is 17.7. The van der Waals surface area contributed by atoms with Crippen LogP contribution in [0.25, 0.3) is 11.1 Å². The van der Waals surface area contributed by atoms with Crippen molar-refractivity contribution in [3.05, 3.63) is 49.1 Å². The Morgan fingerprint density at radius 2 is 1.26 bits per heavy atom.